The molecule has 2 rings (SSSR count). The number of amides is 1. The van der Waals surface area contributed by atoms with Crippen molar-refractivity contribution in [1.29, 1.82) is 0 Å². The summed E-state index contributed by atoms with van der Waals surface area (Å²) in [4.78, 5) is 15.4. The van der Waals surface area contributed by atoms with Gasteiger partial charge in [0.25, 0.3) is 5.91 Å². The molecule has 2 aromatic rings. The molecule has 5 nitrogen and oxygen atoms in total. The Morgan fingerprint density at radius 2 is 2.00 bits per heavy atom. The van der Waals surface area contributed by atoms with Crippen LogP contribution in [0, 0.1) is 6.92 Å². The molecule has 0 atom stereocenters. The minimum atomic E-state index is -4.54. The number of alkyl halides is 3. The van der Waals surface area contributed by atoms with Crippen molar-refractivity contribution in [2.24, 2.45) is 0 Å². The van der Waals surface area contributed by atoms with Gasteiger partial charge in [-0.05, 0) is 19.1 Å². The van der Waals surface area contributed by atoms with Crippen LogP contribution in [0.2, 0.25) is 0 Å². The molecule has 0 saturated carbocycles. The van der Waals surface area contributed by atoms with Gasteiger partial charge >= 0.3 is 6.18 Å². The van der Waals surface area contributed by atoms with Crippen LogP contribution in [0.4, 0.5) is 18.9 Å². The van der Waals surface area contributed by atoms with Gasteiger partial charge in [-0.3, -0.25) is 9.89 Å². The van der Waals surface area contributed by atoms with Gasteiger partial charge in [-0.15, -0.1) is 5.10 Å². The lowest BCUT2D eigenvalue weighted by Crippen LogP contribution is -2.17. The summed E-state index contributed by atoms with van der Waals surface area (Å²) in [5.74, 6) is -0.621. The third kappa shape index (κ3) is 2.90. The number of anilines is 1. The number of para-hydroxylation sites is 1. The molecule has 0 fully saturated rings. The third-order valence-corrected chi connectivity index (χ3v) is 2.28. The molecular formula is C11H9F3N4O. The molecule has 1 amide bonds. The van der Waals surface area contributed by atoms with E-state index in [1.54, 1.807) is 6.92 Å². The zero-order chi connectivity index (χ0) is 14.0. The SMILES string of the molecule is Cc1nc(C(=O)Nc2ccccc2C(F)(F)F)n[nH]1. The van der Waals surface area contributed by atoms with E-state index in [0.29, 0.717) is 5.82 Å². The molecular weight excluding hydrogens is 261 g/mol. The Morgan fingerprint density at radius 1 is 1.32 bits per heavy atom. The van der Waals surface area contributed by atoms with E-state index in [0.717, 1.165) is 6.07 Å². The molecule has 1 aromatic carbocycles. The maximum Gasteiger partial charge on any atom is 0.418 e. The predicted octanol–water partition coefficient (Wildman–Crippen LogP) is 2.38. The topological polar surface area (TPSA) is 70.7 Å². The van der Waals surface area contributed by atoms with Crippen LogP contribution in [-0.2, 0) is 6.18 Å². The Morgan fingerprint density at radius 3 is 2.58 bits per heavy atom. The number of benzene rings is 1. The van der Waals surface area contributed by atoms with E-state index >= 15 is 0 Å². The first-order valence-electron chi connectivity index (χ1n) is 5.24. The molecule has 100 valence electrons. The number of nitrogens with zero attached hydrogens (tertiary/aromatic N) is 2. The average Bonchev–Trinajstić information content (AvgIpc) is 2.75. The lowest BCUT2D eigenvalue weighted by molar-refractivity contribution is -0.136. The van der Waals surface area contributed by atoms with Gasteiger partial charge < -0.3 is 5.32 Å². The van der Waals surface area contributed by atoms with Gasteiger partial charge in [-0.25, -0.2) is 4.98 Å². The quantitative estimate of drug-likeness (QED) is 0.880. The van der Waals surface area contributed by atoms with Crippen LogP contribution in [0.3, 0.4) is 0 Å². The van der Waals surface area contributed by atoms with E-state index in [1.165, 1.54) is 18.2 Å². The molecule has 0 aliphatic rings. The highest BCUT2D eigenvalue weighted by molar-refractivity contribution is 6.01. The Kier molecular flexibility index (Phi) is 3.24. The largest absolute Gasteiger partial charge is 0.418 e. The van der Waals surface area contributed by atoms with Crippen LogP contribution >= 0.6 is 0 Å². The second-order valence-corrected chi connectivity index (χ2v) is 3.74. The van der Waals surface area contributed by atoms with Gasteiger partial charge in [-0.2, -0.15) is 13.2 Å². The molecule has 0 spiro atoms. The van der Waals surface area contributed by atoms with E-state index in [4.69, 9.17) is 0 Å². The monoisotopic (exact) mass is 270 g/mol. The number of aryl methyl sites for hydroxylation is 1. The lowest BCUT2D eigenvalue weighted by atomic mass is 10.1. The number of hydrogen-bond acceptors (Lipinski definition) is 3. The van der Waals surface area contributed by atoms with Crippen LogP contribution in [0.15, 0.2) is 24.3 Å². The molecule has 1 aromatic heterocycles. The molecule has 19 heavy (non-hydrogen) atoms. The maximum atomic E-state index is 12.7. The molecule has 0 bridgehead atoms. The Balaban J connectivity index is 2.27. The van der Waals surface area contributed by atoms with Crippen LogP contribution in [0.25, 0.3) is 0 Å². The third-order valence-electron chi connectivity index (χ3n) is 2.28. The average molecular weight is 270 g/mol. The number of carbonyl (C=O) groups is 1. The first-order chi connectivity index (χ1) is 8.88. The highest BCUT2D eigenvalue weighted by Crippen LogP contribution is 2.34. The van der Waals surface area contributed by atoms with E-state index in [-0.39, 0.29) is 11.5 Å². The van der Waals surface area contributed by atoms with Crippen molar-refractivity contribution < 1.29 is 18.0 Å². The zero-order valence-corrected chi connectivity index (χ0v) is 9.75. The smallest absolute Gasteiger partial charge is 0.319 e. The summed E-state index contributed by atoms with van der Waals surface area (Å²) in [5.41, 5.74) is -1.25. The van der Waals surface area contributed by atoms with Crippen molar-refractivity contribution >= 4 is 11.6 Å². The highest BCUT2D eigenvalue weighted by atomic mass is 19.4. The summed E-state index contributed by atoms with van der Waals surface area (Å²) < 4.78 is 38.1. The number of aromatic amines is 1. The molecule has 2 N–H and O–H groups in total. The molecule has 0 aliphatic carbocycles. The number of aromatic nitrogens is 3. The lowest BCUT2D eigenvalue weighted by Gasteiger charge is -2.12. The van der Waals surface area contributed by atoms with E-state index in [9.17, 15) is 18.0 Å². The second-order valence-electron chi connectivity index (χ2n) is 3.74. The number of rotatable bonds is 2. The summed E-state index contributed by atoms with van der Waals surface area (Å²) >= 11 is 0. The fourth-order valence-corrected chi connectivity index (χ4v) is 1.46. The van der Waals surface area contributed by atoms with Crippen molar-refractivity contribution in [1.82, 2.24) is 15.2 Å². The second kappa shape index (κ2) is 4.71. The fourth-order valence-electron chi connectivity index (χ4n) is 1.46. The van der Waals surface area contributed by atoms with E-state index in [1.807, 2.05) is 0 Å². The molecule has 0 unspecified atom stereocenters. The molecule has 1 heterocycles. The van der Waals surface area contributed by atoms with Gasteiger partial charge in [0.1, 0.15) is 5.82 Å². The maximum absolute atomic E-state index is 12.7. The molecule has 0 saturated heterocycles. The van der Waals surface area contributed by atoms with Crippen LogP contribution < -0.4 is 5.32 Å². The van der Waals surface area contributed by atoms with Crippen molar-refractivity contribution in [2.75, 3.05) is 5.32 Å². The van der Waals surface area contributed by atoms with Crippen molar-refractivity contribution in [3.05, 3.63) is 41.5 Å². The minimum absolute atomic E-state index is 0.213. The highest BCUT2D eigenvalue weighted by Gasteiger charge is 2.33. The molecule has 0 radical (unpaired) electrons. The summed E-state index contributed by atoms with van der Waals surface area (Å²) in [7, 11) is 0. The van der Waals surface area contributed by atoms with Crippen LogP contribution in [0.1, 0.15) is 22.0 Å². The summed E-state index contributed by atoms with van der Waals surface area (Å²) in [6, 6.07) is 4.70. The molecule has 0 aliphatic heterocycles. The van der Waals surface area contributed by atoms with Crippen molar-refractivity contribution in [3.63, 3.8) is 0 Å². The summed E-state index contributed by atoms with van der Waals surface area (Å²) in [5, 5.41) is 8.15. The first kappa shape index (κ1) is 13.1. The Bertz CT molecular complexity index is 606. The number of hydrogen-bond donors (Lipinski definition) is 2. The number of halogens is 3. The standard InChI is InChI=1S/C11H9F3N4O/c1-6-15-9(18-17-6)10(19)16-8-5-3-2-4-7(8)11(12,13)14/h2-5H,1H3,(H,16,19)(H,15,17,18). The number of nitrogens with one attached hydrogen (secondary N) is 2. The fraction of sp³-hybridized carbons (Fsp3) is 0.182. The van der Waals surface area contributed by atoms with E-state index < -0.39 is 17.6 Å². The van der Waals surface area contributed by atoms with Crippen LogP contribution in [0.5, 0.6) is 0 Å². The van der Waals surface area contributed by atoms with E-state index in [2.05, 4.69) is 20.5 Å². The normalized spacial score (nSPS) is 11.4. The number of carbonyl (C=O) groups excluding carboxylic acids is 1. The van der Waals surface area contributed by atoms with Gasteiger partial charge in [0.15, 0.2) is 0 Å². The first-order valence-corrected chi connectivity index (χ1v) is 5.24. The van der Waals surface area contributed by atoms with Gasteiger partial charge in [0, 0.05) is 0 Å². The summed E-state index contributed by atoms with van der Waals surface area (Å²) in [6.07, 6.45) is -4.54. The number of H-pyrrole nitrogens is 1. The minimum Gasteiger partial charge on any atom is -0.319 e. The predicted molar refractivity (Wildman–Crippen MR) is 60.5 cm³/mol. The van der Waals surface area contributed by atoms with Gasteiger partial charge in [0.2, 0.25) is 5.82 Å². The van der Waals surface area contributed by atoms with Crippen molar-refractivity contribution in [3.8, 4) is 0 Å². The summed E-state index contributed by atoms with van der Waals surface area (Å²) in [6.45, 7) is 1.58. The molecule has 8 heteroatoms. The Labute approximate surface area is 105 Å². The van der Waals surface area contributed by atoms with Crippen LogP contribution in [-0.4, -0.2) is 21.1 Å². The Hall–Kier alpha value is -2.38. The van der Waals surface area contributed by atoms with Crippen molar-refractivity contribution in [2.45, 2.75) is 13.1 Å². The van der Waals surface area contributed by atoms with Gasteiger partial charge in [0.05, 0.1) is 11.3 Å². The van der Waals surface area contributed by atoms with Gasteiger partial charge in [-0.1, -0.05) is 12.1 Å². The zero-order valence-electron chi connectivity index (χ0n) is 9.75.